The smallest absolute Gasteiger partial charge is 0.494 e. The first-order chi connectivity index (χ1) is 13.2. The van der Waals surface area contributed by atoms with E-state index in [0.717, 1.165) is 22.3 Å². The van der Waals surface area contributed by atoms with Gasteiger partial charge in [0.1, 0.15) is 5.75 Å². The van der Waals surface area contributed by atoms with Crippen molar-refractivity contribution < 1.29 is 23.4 Å². The molecular formula is C22H34B2O5. The summed E-state index contributed by atoms with van der Waals surface area (Å²) in [6.07, 6.45) is 0. The standard InChI is InChI=1S/C22H34B2O5/c1-15(23-26-19(2,3)20(4,5)27-23)18(16-11-13-17(25-10)14-12-16)24-28-21(6,7)22(8,9)29-24/h11-14H,1-10H3/b18-15-. The Morgan fingerprint density at radius 2 is 1.07 bits per heavy atom. The summed E-state index contributed by atoms with van der Waals surface area (Å²) < 4.78 is 30.8. The van der Waals surface area contributed by atoms with Crippen LogP contribution in [0.1, 0.15) is 67.9 Å². The summed E-state index contributed by atoms with van der Waals surface area (Å²) >= 11 is 0. The summed E-state index contributed by atoms with van der Waals surface area (Å²) in [5, 5.41) is 0. The van der Waals surface area contributed by atoms with Gasteiger partial charge in [0.05, 0.1) is 29.5 Å². The summed E-state index contributed by atoms with van der Waals surface area (Å²) in [6, 6.07) is 7.93. The zero-order chi connectivity index (χ0) is 21.8. The number of hydrogen-bond acceptors (Lipinski definition) is 5. The molecule has 2 aliphatic rings. The lowest BCUT2D eigenvalue weighted by Gasteiger charge is -2.32. The Balaban J connectivity index is 2.07. The average molecular weight is 400 g/mol. The van der Waals surface area contributed by atoms with Crippen LogP contribution in [0.15, 0.2) is 29.7 Å². The van der Waals surface area contributed by atoms with Crippen molar-refractivity contribution in [2.24, 2.45) is 0 Å². The molecule has 2 fully saturated rings. The Labute approximate surface area is 176 Å². The lowest BCUT2D eigenvalue weighted by atomic mass is 9.63. The summed E-state index contributed by atoms with van der Waals surface area (Å²) in [5.41, 5.74) is 1.17. The van der Waals surface area contributed by atoms with Gasteiger partial charge in [0, 0.05) is 0 Å². The van der Waals surface area contributed by atoms with E-state index in [4.69, 9.17) is 23.4 Å². The SMILES string of the molecule is COc1ccc(/C(B2OC(C)(C)C(C)(C)O2)=C(\C)B2OC(C)(C)C(C)(C)O2)cc1. The minimum atomic E-state index is -0.521. The molecule has 0 aromatic heterocycles. The highest BCUT2D eigenvalue weighted by molar-refractivity contribution is 6.73. The van der Waals surface area contributed by atoms with Gasteiger partial charge in [-0.05, 0) is 91.0 Å². The topological polar surface area (TPSA) is 46.2 Å². The van der Waals surface area contributed by atoms with Gasteiger partial charge >= 0.3 is 14.2 Å². The van der Waals surface area contributed by atoms with E-state index in [-0.39, 0.29) is 0 Å². The molecule has 3 rings (SSSR count). The fourth-order valence-electron chi connectivity index (χ4n) is 3.43. The van der Waals surface area contributed by atoms with Crippen LogP contribution in [-0.4, -0.2) is 43.8 Å². The van der Waals surface area contributed by atoms with Crippen LogP contribution in [0.25, 0.3) is 5.47 Å². The van der Waals surface area contributed by atoms with E-state index < -0.39 is 36.6 Å². The Hall–Kier alpha value is -1.27. The maximum atomic E-state index is 6.40. The molecule has 1 aromatic carbocycles. The minimum Gasteiger partial charge on any atom is -0.497 e. The number of hydrogen-bond donors (Lipinski definition) is 0. The van der Waals surface area contributed by atoms with Crippen LogP contribution in [0, 0.1) is 0 Å². The highest BCUT2D eigenvalue weighted by Gasteiger charge is 2.56. The van der Waals surface area contributed by atoms with Gasteiger partial charge < -0.3 is 23.4 Å². The van der Waals surface area contributed by atoms with Crippen molar-refractivity contribution in [3.05, 3.63) is 35.3 Å². The third kappa shape index (κ3) is 3.90. The van der Waals surface area contributed by atoms with Gasteiger partial charge in [0.2, 0.25) is 0 Å². The van der Waals surface area contributed by atoms with E-state index in [2.05, 4.69) is 55.4 Å². The van der Waals surface area contributed by atoms with Crippen molar-refractivity contribution in [2.45, 2.75) is 84.7 Å². The van der Waals surface area contributed by atoms with Gasteiger partial charge in [0.25, 0.3) is 0 Å². The first-order valence-electron chi connectivity index (χ1n) is 10.3. The molecule has 2 saturated heterocycles. The minimum absolute atomic E-state index is 0.417. The lowest BCUT2D eigenvalue weighted by Crippen LogP contribution is -2.41. The molecule has 158 valence electrons. The summed E-state index contributed by atoms with van der Waals surface area (Å²) in [7, 11) is 0.666. The van der Waals surface area contributed by atoms with Crippen molar-refractivity contribution in [1.29, 1.82) is 0 Å². The van der Waals surface area contributed by atoms with Crippen molar-refractivity contribution >= 4 is 19.7 Å². The second-order valence-electron chi connectivity index (χ2n) is 10.0. The van der Waals surface area contributed by atoms with Gasteiger partial charge in [-0.15, -0.1) is 0 Å². The van der Waals surface area contributed by atoms with Crippen LogP contribution < -0.4 is 4.74 Å². The predicted molar refractivity (Wildman–Crippen MR) is 118 cm³/mol. The fourth-order valence-corrected chi connectivity index (χ4v) is 3.43. The largest absolute Gasteiger partial charge is 0.497 e. The predicted octanol–water partition coefficient (Wildman–Crippen LogP) is 4.73. The second kappa shape index (κ2) is 7.16. The number of ether oxygens (including phenoxy) is 1. The first kappa shape index (κ1) is 22.4. The van der Waals surface area contributed by atoms with E-state index in [1.165, 1.54) is 0 Å². The molecule has 5 nitrogen and oxygen atoms in total. The number of rotatable bonds is 4. The van der Waals surface area contributed by atoms with Crippen LogP contribution >= 0.6 is 0 Å². The van der Waals surface area contributed by atoms with Gasteiger partial charge in [-0.25, -0.2) is 0 Å². The lowest BCUT2D eigenvalue weighted by molar-refractivity contribution is 0.00578. The molecule has 2 aliphatic heterocycles. The van der Waals surface area contributed by atoms with Crippen molar-refractivity contribution in [1.82, 2.24) is 0 Å². The molecule has 0 radical (unpaired) electrons. The van der Waals surface area contributed by atoms with Crippen LogP contribution in [0.4, 0.5) is 0 Å². The Kier molecular flexibility index (Phi) is 5.53. The molecule has 7 heteroatoms. The Morgan fingerprint density at radius 3 is 1.45 bits per heavy atom. The average Bonchev–Trinajstić information content (AvgIpc) is 2.95. The maximum absolute atomic E-state index is 6.40. The molecule has 0 saturated carbocycles. The summed E-state index contributed by atoms with van der Waals surface area (Å²) in [5.74, 6) is 0.801. The van der Waals surface area contributed by atoms with Gasteiger partial charge in [-0.1, -0.05) is 12.1 Å². The van der Waals surface area contributed by atoms with E-state index in [0.29, 0.717) is 0 Å². The van der Waals surface area contributed by atoms with Crippen LogP contribution in [0.5, 0.6) is 5.75 Å². The highest BCUT2D eigenvalue weighted by atomic mass is 16.7. The summed E-state index contributed by atoms with van der Waals surface area (Å²) in [4.78, 5) is 0. The molecule has 29 heavy (non-hydrogen) atoms. The van der Waals surface area contributed by atoms with Crippen molar-refractivity contribution in [2.75, 3.05) is 7.11 Å². The van der Waals surface area contributed by atoms with Crippen LogP contribution in [0.3, 0.4) is 0 Å². The fraction of sp³-hybridized carbons (Fsp3) is 0.636. The molecule has 0 bridgehead atoms. The number of methoxy groups -OCH3 is 1. The molecule has 0 aliphatic carbocycles. The second-order valence-corrected chi connectivity index (χ2v) is 10.0. The summed E-state index contributed by atoms with van der Waals surface area (Å²) in [6.45, 7) is 18.5. The third-order valence-electron chi connectivity index (χ3n) is 6.92. The number of benzene rings is 1. The van der Waals surface area contributed by atoms with E-state index in [9.17, 15) is 0 Å². The van der Waals surface area contributed by atoms with Crippen molar-refractivity contribution in [3.8, 4) is 5.75 Å². The van der Waals surface area contributed by atoms with E-state index in [1.54, 1.807) is 7.11 Å². The van der Waals surface area contributed by atoms with Gasteiger partial charge in [-0.3, -0.25) is 0 Å². The Morgan fingerprint density at radius 1 is 0.690 bits per heavy atom. The molecule has 0 unspecified atom stereocenters. The molecule has 0 amide bonds. The van der Waals surface area contributed by atoms with E-state index >= 15 is 0 Å². The molecular weight excluding hydrogens is 366 g/mol. The normalized spacial score (nSPS) is 25.2. The van der Waals surface area contributed by atoms with Crippen LogP contribution in [-0.2, 0) is 18.6 Å². The Bertz CT molecular complexity index is 764. The number of allylic oxidation sites excluding steroid dienone is 1. The maximum Gasteiger partial charge on any atom is 0.494 e. The molecule has 0 atom stereocenters. The molecule has 0 N–H and O–H groups in total. The van der Waals surface area contributed by atoms with Crippen LogP contribution in [0.2, 0.25) is 0 Å². The van der Waals surface area contributed by atoms with Crippen molar-refractivity contribution in [3.63, 3.8) is 0 Å². The van der Waals surface area contributed by atoms with Gasteiger partial charge in [0.15, 0.2) is 0 Å². The zero-order valence-corrected chi connectivity index (χ0v) is 19.5. The molecule has 2 heterocycles. The monoisotopic (exact) mass is 400 g/mol. The quantitative estimate of drug-likeness (QED) is 0.684. The van der Waals surface area contributed by atoms with E-state index in [1.807, 2.05) is 31.2 Å². The first-order valence-corrected chi connectivity index (χ1v) is 10.3. The highest BCUT2D eigenvalue weighted by Crippen LogP contribution is 2.44. The third-order valence-corrected chi connectivity index (χ3v) is 6.92. The molecule has 1 aromatic rings. The van der Waals surface area contributed by atoms with Gasteiger partial charge in [-0.2, -0.15) is 0 Å². The zero-order valence-electron chi connectivity index (χ0n) is 19.5. The molecule has 0 spiro atoms.